The van der Waals surface area contributed by atoms with E-state index in [1.54, 1.807) is 11.3 Å². The van der Waals surface area contributed by atoms with Crippen LogP contribution >= 0.6 is 11.3 Å². The van der Waals surface area contributed by atoms with Crippen LogP contribution in [-0.4, -0.2) is 73.7 Å². The van der Waals surface area contributed by atoms with E-state index in [9.17, 15) is 9.59 Å². The number of aryl methyl sites for hydroxylation is 1. The molecule has 0 N–H and O–H groups in total. The number of nitrogens with zero attached hydrogens (tertiary/aromatic N) is 2. The van der Waals surface area contributed by atoms with Crippen LogP contribution < -0.4 is 0 Å². The molecule has 7 heteroatoms. The minimum atomic E-state index is -0.370. The van der Waals surface area contributed by atoms with Crippen molar-refractivity contribution in [3.63, 3.8) is 0 Å². The highest BCUT2D eigenvalue weighted by Gasteiger charge is 2.51. The van der Waals surface area contributed by atoms with Gasteiger partial charge in [-0.3, -0.25) is 14.5 Å². The van der Waals surface area contributed by atoms with E-state index in [0.29, 0.717) is 19.5 Å². The van der Waals surface area contributed by atoms with Gasteiger partial charge in [0.25, 0.3) is 0 Å². The van der Waals surface area contributed by atoms with E-state index in [0.717, 1.165) is 65.0 Å². The maximum absolute atomic E-state index is 12.6. The van der Waals surface area contributed by atoms with Crippen LogP contribution in [0.4, 0.5) is 0 Å². The summed E-state index contributed by atoms with van der Waals surface area (Å²) in [7, 11) is 0. The number of ether oxygens (including phenoxy) is 2. The van der Waals surface area contributed by atoms with Crippen molar-refractivity contribution in [2.45, 2.75) is 44.6 Å². The molecule has 1 spiro atoms. The lowest BCUT2D eigenvalue weighted by Crippen LogP contribution is -2.45. The first-order valence-electron chi connectivity index (χ1n) is 10.5. The summed E-state index contributed by atoms with van der Waals surface area (Å²) >= 11 is 1.75. The molecule has 1 atom stereocenters. The van der Waals surface area contributed by atoms with E-state index in [2.05, 4.69) is 22.4 Å². The van der Waals surface area contributed by atoms with Crippen molar-refractivity contribution in [1.29, 1.82) is 0 Å². The summed E-state index contributed by atoms with van der Waals surface area (Å²) in [5, 5.41) is 2.08. The molecule has 0 aromatic carbocycles. The molecule has 154 valence electrons. The van der Waals surface area contributed by atoms with Gasteiger partial charge in [-0.1, -0.05) is 6.07 Å². The average molecular weight is 407 g/mol. The molecule has 0 aliphatic carbocycles. The number of morpholine rings is 1. The number of cyclic esters (lactones) is 1. The third kappa shape index (κ3) is 4.58. The Morgan fingerprint density at radius 3 is 2.71 bits per heavy atom. The second kappa shape index (κ2) is 8.93. The number of carbonyl (C=O) groups is 2. The highest BCUT2D eigenvalue weighted by atomic mass is 32.1. The van der Waals surface area contributed by atoms with E-state index in [-0.39, 0.29) is 23.4 Å². The molecule has 1 amide bonds. The minimum absolute atomic E-state index is 0.0151. The lowest BCUT2D eigenvalue weighted by molar-refractivity contribution is -0.153. The number of carbonyl (C=O) groups excluding carboxylic acids is 2. The summed E-state index contributed by atoms with van der Waals surface area (Å²) < 4.78 is 11.1. The molecule has 3 saturated heterocycles. The normalized spacial score (nSPS) is 25.2. The van der Waals surface area contributed by atoms with E-state index in [4.69, 9.17) is 9.47 Å². The maximum Gasteiger partial charge on any atom is 0.312 e. The summed E-state index contributed by atoms with van der Waals surface area (Å²) in [5.41, 5.74) is -0.370. The fraction of sp³-hybridized carbons (Fsp3) is 0.714. The van der Waals surface area contributed by atoms with Gasteiger partial charge in [-0.25, -0.2) is 0 Å². The van der Waals surface area contributed by atoms with Gasteiger partial charge in [0, 0.05) is 50.4 Å². The van der Waals surface area contributed by atoms with Crippen molar-refractivity contribution in [1.82, 2.24) is 9.80 Å². The number of amides is 1. The lowest BCUT2D eigenvalue weighted by Gasteiger charge is -2.36. The van der Waals surface area contributed by atoms with Crippen molar-refractivity contribution in [3.05, 3.63) is 22.4 Å². The molecule has 1 aromatic rings. The third-order valence-corrected chi connectivity index (χ3v) is 7.29. The second-order valence-corrected chi connectivity index (χ2v) is 9.27. The molecular formula is C21H30N2O4S. The predicted octanol–water partition coefficient (Wildman–Crippen LogP) is 2.33. The zero-order valence-corrected chi connectivity index (χ0v) is 17.3. The van der Waals surface area contributed by atoms with Crippen LogP contribution in [-0.2, 0) is 25.5 Å². The molecule has 0 saturated carbocycles. The number of hydrogen-bond acceptors (Lipinski definition) is 6. The predicted molar refractivity (Wildman–Crippen MR) is 107 cm³/mol. The quantitative estimate of drug-likeness (QED) is 0.679. The average Bonchev–Trinajstić information content (AvgIpc) is 3.32. The van der Waals surface area contributed by atoms with Gasteiger partial charge in [0.05, 0.1) is 18.6 Å². The monoisotopic (exact) mass is 406 g/mol. The Morgan fingerprint density at radius 1 is 1.21 bits per heavy atom. The molecule has 0 radical (unpaired) electrons. The largest absolute Gasteiger partial charge is 0.461 e. The van der Waals surface area contributed by atoms with E-state index in [1.807, 2.05) is 4.90 Å². The van der Waals surface area contributed by atoms with Crippen molar-refractivity contribution in [2.75, 3.05) is 45.9 Å². The number of hydrogen-bond donors (Lipinski definition) is 0. The molecule has 3 aliphatic heterocycles. The molecule has 0 bridgehead atoms. The maximum atomic E-state index is 12.6. The first-order valence-corrected chi connectivity index (χ1v) is 11.3. The third-order valence-electron chi connectivity index (χ3n) is 6.36. The van der Waals surface area contributed by atoms with Crippen LogP contribution in [0.15, 0.2) is 17.5 Å². The topological polar surface area (TPSA) is 59.1 Å². The van der Waals surface area contributed by atoms with Crippen LogP contribution in [0, 0.1) is 5.41 Å². The number of thiophene rings is 1. The van der Waals surface area contributed by atoms with Gasteiger partial charge < -0.3 is 14.4 Å². The van der Waals surface area contributed by atoms with E-state index < -0.39 is 0 Å². The van der Waals surface area contributed by atoms with Crippen LogP contribution in [0.2, 0.25) is 0 Å². The molecule has 4 heterocycles. The summed E-state index contributed by atoms with van der Waals surface area (Å²) in [6.07, 6.45) is 4.71. The molecule has 3 fully saturated rings. The first kappa shape index (κ1) is 19.9. The molecule has 3 aliphatic rings. The number of esters is 1. The van der Waals surface area contributed by atoms with Gasteiger partial charge in [0.15, 0.2) is 0 Å². The van der Waals surface area contributed by atoms with Gasteiger partial charge in [0.2, 0.25) is 5.91 Å². The molecule has 6 nitrogen and oxygen atoms in total. The number of likely N-dealkylation sites (tertiary alicyclic amines) is 1. The molecule has 1 unspecified atom stereocenters. The minimum Gasteiger partial charge on any atom is -0.461 e. The lowest BCUT2D eigenvalue weighted by atomic mass is 9.76. The molecule has 1 aromatic heterocycles. The van der Waals surface area contributed by atoms with Gasteiger partial charge in [-0.15, -0.1) is 11.3 Å². The highest BCUT2D eigenvalue weighted by molar-refractivity contribution is 7.09. The SMILES string of the molecule is O=C(CCCc1cccs1)N1CCC2(CC1)CC(CN1CCOCC1)OC2=O. The molecular weight excluding hydrogens is 376 g/mol. The van der Waals surface area contributed by atoms with Crippen molar-refractivity contribution in [2.24, 2.45) is 5.41 Å². The van der Waals surface area contributed by atoms with Crippen LogP contribution in [0.3, 0.4) is 0 Å². The van der Waals surface area contributed by atoms with Gasteiger partial charge in [-0.05, 0) is 37.1 Å². The molecule has 4 rings (SSSR count). The summed E-state index contributed by atoms with van der Waals surface area (Å²) in [5.74, 6) is 0.179. The summed E-state index contributed by atoms with van der Waals surface area (Å²) in [6.45, 7) is 5.50. The van der Waals surface area contributed by atoms with E-state index >= 15 is 0 Å². The Kier molecular flexibility index (Phi) is 6.33. The van der Waals surface area contributed by atoms with Crippen molar-refractivity contribution in [3.8, 4) is 0 Å². The second-order valence-electron chi connectivity index (χ2n) is 8.24. The van der Waals surface area contributed by atoms with E-state index in [1.165, 1.54) is 4.88 Å². The fourth-order valence-electron chi connectivity index (χ4n) is 4.63. The van der Waals surface area contributed by atoms with Gasteiger partial charge >= 0.3 is 5.97 Å². The van der Waals surface area contributed by atoms with Gasteiger partial charge in [-0.2, -0.15) is 0 Å². The molecule has 28 heavy (non-hydrogen) atoms. The van der Waals surface area contributed by atoms with Crippen molar-refractivity contribution >= 4 is 23.2 Å². The Morgan fingerprint density at radius 2 is 2.00 bits per heavy atom. The first-order chi connectivity index (χ1) is 13.6. The van der Waals surface area contributed by atoms with Crippen LogP contribution in [0.5, 0.6) is 0 Å². The number of piperidine rings is 1. The Balaban J connectivity index is 1.22. The fourth-order valence-corrected chi connectivity index (χ4v) is 5.38. The zero-order chi connectivity index (χ0) is 19.4. The standard InChI is InChI=1S/C21H30N2O4S/c24-19(5-1-3-18-4-2-14-28-18)23-8-6-21(7-9-23)15-17(27-20(21)25)16-22-10-12-26-13-11-22/h2,4,14,17H,1,3,5-13,15-16H2. The van der Waals surface area contributed by atoms with Crippen LogP contribution in [0.1, 0.15) is 37.0 Å². The Bertz CT molecular complexity index is 664. The van der Waals surface area contributed by atoms with Crippen molar-refractivity contribution < 1.29 is 19.1 Å². The summed E-state index contributed by atoms with van der Waals surface area (Å²) in [4.78, 5) is 30.8. The smallest absolute Gasteiger partial charge is 0.312 e. The highest BCUT2D eigenvalue weighted by Crippen LogP contribution is 2.43. The summed E-state index contributed by atoms with van der Waals surface area (Å²) in [6, 6.07) is 4.18. The van der Waals surface area contributed by atoms with Gasteiger partial charge in [0.1, 0.15) is 6.10 Å². The Hall–Kier alpha value is -1.44. The Labute approximate surface area is 170 Å². The number of rotatable bonds is 6. The zero-order valence-electron chi connectivity index (χ0n) is 16.4. The van der Waals surface area contributed by atoms with Crippen LogP contribution in [0.25, 0.3) is 0 Å².